The molecular formula is C22H21N5O2. The van der Waals surface area contributed by atoms with Gasteiger partial charge in [0.05, 0.1) is 6.20 Å². The largest absolute Gasteiger partial charge is 0.350 e. The third kappa shape index (κ3) is 2.88. The fourth-order valence-electron chi connectivity index (χ4n) is 4.41. The van der Waals surface area contributed by atoms with Gasteiger partial charge in [-0.25, -0.2) is 0 Å². The van der Waals surface area contributed by atoms with Crippen LogP contribution < -0.4 is 5.32 Å². The number of terminal acetylenes is 1. The monoisotopic (exact) mass is 387 g/mol. The number of hydrogen-bond acceptors (Lipinski definition) is 5. The van der Waals surface area contributed by atoms with E-state index in [1.54, 1.807) is 10.7 Å². The summed E-state index contributed by atoms with van der Waals surface area (Å²) in [7, 11) is 1.89. The van der Waals surface area contributed by atoms with Crippen molar-refractivity contribution in [3.8, 4) is 34.9 Å². The number of rotatable bonds is 4. The minimum Gasteiger partial charge on any atom is -0.350 e. The van der Waals surface area contributed by atoms with Crippen LogP contribution in [0.2, 0.25) is 0 Å². The second-order valence-corrected chi connectivity index (χ2v) is 7.88. The Morgan fingerprint density at radius 2 is 2.03 bits per heavy atom. The van der Waals surface area contributed by atoms with E-state index in [0.29, 0.717) is 11.7 Å². The Hall–Kier alpha value is -3.53. The molecule has 1 aliphatic heterocycles. The molecule has 1 N–H and O–H groups in total. The molecule has 0 radical (unpaired) electrons. The summed E-state index contributed by atoms with van der Waals surface area (Å²) >= 11 is 0. The zero-order valence-corrected chi connectivity index (χ0v) is 16.1. The first-order valence-electron chi connectivity index (χ1n) is 9.67. The van der Waals surface area contributed by atoms with Gasteiger partial charge in [-0.15, -0.1) is 0 Å². The number of nitrogens with one attached hydrogen (secondary N) is 1. The Kier molecular flexibility index (Phi) is 3.95. The van der Waals surface area contributed by atoms with E-state index in [4.69, 9.17) is 10.9 Å². The quantitative estimate of drug-likeness (QED) is 0.550. The van der Waals surface area contributed by atoms with Gasteiger partial charge >= 0.3 is 0 Å². The van der Waals surface area contributed by atoms with Crippen LogP contribution in [0.4, 0.5) is 0 Å². The predicted octanol–water partition coefficient (Wildman–Crippen LogP) is 2.67. The van der Waals surface area contributed by atoms with Crippen LogP contribution in [0.5, 0.6) is 0 Å². The van der Waals surface area contributed by atoms with E-state index in [-0.39, 0.29) is 17.2 Å². The van der Waals surface area contributed by atoms with E-state index in [1.807, 2.05) is 48.6 Å². The Bertz CT molecular complexity index is 1100. The minimum atomic E-state index is -0.0962. The van der Waals surface area contributed by atoms with Gasteiger partial charge in [-0.2, -0.15) is 5.10 Å². The molecule has 2 fully saturated rings. The summed E-state index contributed by atoms with van der Waals surface area (Å²) in [5.74, 6) is 0.185. The van der Waals surface area contributed by atoms with Crippen molar-refractivity contribution in [2.24, 2.45) is 7.05 Å². The average Bonchev–Trinajstić information content (AvgIpc) is 3.33. The van der Waals surface area contributed by atoms with Gasteiger partial charge < -0.3 is 14.7 Å². The maximum absolute atomic E-state index is 12.9. The van der Waals surface area contributed by atoms with Crippen molar-refractivity contribution >= 4 is 5.91 Å². The van der Waals surface area contributed by atoms with Crippen LogP contribution in [0.3, 0.4) is 0 Å². The van der Waals surface area contributed by atoms with Crippen molar-refractivity contribution in [3.63, 3.8) is 0 Å². The van der Waals surface area contributed by atoms with Crippen molar-refractivity contribution in [3.05, 3.63) is 48.5 Å². The number of nitrogens with zero attached hydrogens (tertiary/aromatic N) is 4. The molecule has 5 rings (SSSR count). The minimum absolute atomic E-state index is 0.0656. The standard InChI is InChI=1S/C22H21N5O2/c1-3-23-18-11-22(12-18)8-9-27(22)21(28)20-10-19(25-29-20)16-6-4-15(5-7-16)17-13-24-26(2)14-17/h1,4-7,10,13-14,18,23H,8-9,11-12H2,2H3. The summed E-state index contributed by atoms with van der Waals surface area (Å²) in [6.07, 6.45) is 11.9. The highest BCUT2D eigenvalue weighted by Crippen LogP contribution is 2.47. The number of carbonyl (C=O) groups excluding carboxylic acids is 1. The van der Waals surface area contributed by atoms with E-state index >= 15 is 0 Å². The SMILES string of the molecule is C#CNC1CC2(CCN2C(=O)c2cc(-c3ccc(-c4cnn(C)c4)cc3)no2)C1. The molecule has 146 valence electrons. The molecule has 1 aliphatic carbocycles. The average molecular weight is 387 g/mol. The second kappa shape index (κ2) is 6.52. The topological polar surface area (TPSA) is 76.2 Å². The van der Waals surface area contributed by atoms with Crippen molar-refractivity contribution in [1.29, 1.82) is 0 Å². The Morgan fingerprint density at radius 3 is 2.66 bits per heavy atom. The molecule has 1 saturated carbocycles. The lowest BCUT2D eigenvalue weighted by atomic mass is 9.64. The normalized spacial score (nSPS) is 22.6. The molecule has 7 heteroatoms. The van der Waals surface area contributed by atoms with Crippen LogP contribution in [-0.4, -0.2) is 43.9 Å². The van der Waals surface area contributed by atoms with Crippen molar-refractivity contribution in [1.82, 2.24) is 25.2 Å². The molecule has 29 heavy (non-hydrogen) atoms. The molecule has 0 bridgehead atoms. The molecule has 3 aromatic rings. The molecule has 3 heterocycles. The lowest BCUT2D eigenvalue weighted by Gasteiger charge is -2.61. The first-order chi connectivity index (χ1) is 14.1. The zero-order valence-electron chi connectivity index (χ0n) is 16.1. The number of carbonyl (C=O) groups is 1. The van der Waals surface area contributed by atoms with Crippen molar-refractivity contribution in [2.45, 2.75) is 30.8 Å². The van der Waals surface area contributed by atoms with Crippen molar-refractivity contribution < 1.29 is 9.32 Å². The van der Waals surface area contributed by atoms with Gasteiger partial charge in [-0.05, 0) is 24.8 Å². The number of hydrogen-bond donors (Lipinski definition) is 1. The molecule has 1 saturated heterocycles. The molecule has 2 aliphatic rings. The van der Waals surface area contributed by atoms with Crippen LogP contribution in [0.25, 0.3) is 22.4 Å². The summed E-state index contributed by atoms with van der Waals surface area (Å²) in [6.45, 7) is 0.747. The number of aromatic nitrogens is 3. The first kappa shape index (κ1) is 17.6. The van der Waals surface area contributed by atoms with Crippen LogP contribution >= 0.6 is 0 Å². The summed E-state index contributed by atoms with van der Waals surface area (Å²) < 4.78 is 7.16. The fraction of sp³-hybridized carbons (Fsp3) is 0.318. The first-order valence-corrected chi connectivity index (χ1v) is 9.67. The number of benzene rings is 1. The maximum atomic E-state index is 12.9. The molecule has 0 atom stereocenters. The number of aryl methyl sites for hydroxylation is 1. The van der Waals surface area contributed by atoms with Gasteiger partial charge in [0.2, 0.25) is 5.76 Å². The molecule has 0 unspecified atom stereocenters. The van der Waals surface area contributed by atoms with E-state index in [2.05, 4.69) is 21.6 Å². The van der Waals surface area contributed by atoms with Crippen LogP contribution in [0, 0.1) is 12.5 Å². The van der Waals surface area contributed by atoms with Gasteiger partial charge in [0.25, 0.3) is 5.91 Å². The van der Waals surface area contributed by atoms with Crippen LogP contribution in [0.15, 0.2) is 47.2 Å². The van der Waals surface area contributed by atoms with E-state index in [9.17, 15) is 4.79 Å². The van der Waals surface area contributed by atoms with E-state index in [1.165, 1.54) is 0 Å². The van der Waals surface area contributed by atoms with Crippen molar-refractivity contribution in [2.75, 3.05) is 6.54 Å². The summed E-state index contributed by atoms with van der Waals surface area (Å²) in [6, 6.07) is 12.5. The molecule has 7 nitrogen and oxygen atoms in total. The zero-order chi connectivity index (χ0) is 20.0. The highest BCUT2D eigenvalue weighted by atomic mass is 16.5. The molecule has 1 aromatic carbocycles. The van der Waals surface area contributed by atoms with Gasteiger partial charge in [0.15, 0.2) is 0 Å². The summed E-state index contributed by atoms with van der Waals surface area (Å²) in [5, 5.41) is 11.3. The molecular weight excluding hydrogens is 366 g/mol. The third-order valence-corrected chi connectivity index (χ3v) is 6.10. The Labute approximate surface area is 168 Å². The second-order valence-electron chi connectivity index (χ2n) is 7.88. The van der Waals surface area contributed by atoms with Gasteiger partial charge in [-0.3, -0.25) is 9.48 Å². The Balaban J connectivity index is 1.30. The van der Waals surface area contributed by atoms with Crippen LogP contribution in [0.1, 0.15) is 29.8 Å². The van der Waals surface area contributed by atoms with Gasteiger partial charge in [-0.1, -0.05) is 35.8 Å². The summed E-state index contributed by atoms with van der Waals surface area (Å²) in [5.41, 5.74) is 3.62. The smallest absolute Gasteiger partial charge is 0.292 e. The molecule has 2 aromatic heterocycles. The Morgan fingerprint density at radius 1 is 1.28 bits per heavy atom. The van der Waals surface area contributed by atoms with E-state index < -0.39 is 0 Å². The predicted molar refractivity (Wildman–Crippen MR) is 108 cm³/mol. The number of amides is 1. The van der Waals surface area contributed by atoms with Crippen LogP contribution in [-0.2, 0) is 7.05 Å². The lowest BCUT2D eigenvalue weighted by Crippen LogP contribution is -2.71. The fourth-order valence-corrected chi connectivity index (χ4v) is 4.41. The van der Waals surface area contributed by atoms with E-state index in [0.717, 1.165) is 42.5 Å². The van der Waals surface area contributed by atoms with Gasteiger partial charge in [0.1, 0.15) is 5.69 Å². The highest BCUT2D eigenvalue weighted by Gasteiger charge is 2.56. The lowest BCUT2D eigenvalue weighted by molar-refractivity contribution is -0.0642. The third-order valence-electron chi connectivity index (χ3n) is 6.10. The molecule has 1 amide bonds. The number of likely N-dealkylation sites (tertiary alicyclic amines) is 1. The highest BCUT2D eigenvalue weighted by molar-refractivity contribution is 5.93. The summed E-state index contributed by atoms with van der Waals surface area (Å²) in [4.78, 5) is 14.8. The van der Waals surface area contributed by atoms with Gasteiger partial charge in [0, 0.05) is 54.6 Å². The molecule has 1 spiro atoms. The maximum Gasteiger partial charge on any atom is 0.292 e.